The molecule has 0 saturated heterocycles. The number of rotatable bonds is 2. The Bertz CT molecular complexity index is 1020. The molecule has 206 valence electrons. The molecule has 1 heterocycles. The van der Waals surface area contributed by atoms with E-state index in [1.54, 1.807) is 14.0 Å². The van der Waals surface area contributed by atoms with E-state index in [4.69, 9.17) is 15.2 Å². The number of allylic oxidation sites excluding steroid dienone is 1. The molecule has 0 unspecified atom stereocenters. The second-order valence-corrected chi connectivity index (χ2v) is 11.1. The van der Waals surface area contributed by atoms with Gasteiger partial charge in [-0.05, 0) is 84.5 Å². The van der Waals surface area contributed by atoms with Crippen molar-refractivity contribution in [2.24, 2.45) is 23.5 Å². The minimum absolute atomic E-state index is 0.0411. The highest BCUT2D eigenvalue weighted by Crippen LogP contribution is 2.34. The number of aromatic hydroxyl groups is 1. The Morgan fingerprint density at radius 2 is 1.89 bits per heavy atom. The van der Waals surface area contributed by atoms with Gasteiger partial charge < -0.3 is 30.7 Å². The molecule has 2 rings (SSSR count). The summed E-state index contributed by atoms with van der Waals surface area (Å²) in [4.78, 5) is 24.4. The SMILES string of the molecule is CO[C@H]1C[C@H](C)Cc2cc(cc(O)c2Br)NC(=O)/C(C)=C/CC[C@H](C)[C@@H](OC(N)=O)/C(C)=C/[C@H](C)[C@H]1O. The fourth-order valence-electron chi connectivity index (χ4n) is 4.89. The predicted octanol–water partition coefficient (Wildman–Crippen LogP) is 5.46. The fourth-order valence-corrected chi connectivity index (χ4v) is 5.28. The number of anilines is 1. The topological polar surface area (TPSA) is 131 Å². The molecule has 2 bridgehead atoms. The van der Waals surface area contributed by atoms with Crippen LogP contribution in [0.2, 0.25) is 0 Å². The smallest absolute Gasteiger partial charge is 0.405 e. The maximum atomic E-state index is 12.8. The molecule has 0 fully saturated rings. The van der Waals surface area contributed by atoms with Gasteiger partial charge in [0.05, 0.1) is 16.7 Å². The van der Waals surface area contributed by atoms with E-state index in [1.165, 1.54) is 6.07 Å². The minimum atomic E-state index is -0.859. The number of carbonyl (C=O) groups is 2. The monoisotopic (exact) mass is 580 g/mol. The van der Waals surface area contributed by atoms with Gasteiger partial charge in [0.15, 0.2) is 0 Å². The van der Waals surface area contributed by atoms with Gasteiger partial charge in [0.2, 0.25) is 0 Å². The fraction of sp³-hybridized carbons (Fsp3) is 0.571. The van der Waals surface area contributed by atoms with Gasteiger partial charge in [-0.3, -0.25) is 4.79 Å². The third kappa shape index (κ3) is 8.86. The van der Waals surface area contributed by atoms with E-state index in [-0.39, 0.29) is 29.4 Å². The molecule has 0 saturated carbocycles. The van der Waals surface area contributed by atoms with E-state index in [9.17, 15) is 19.8 Å². The molecule has 9 heteroatoms. The number of aliphatic hydroxyl groups excluding tert-OH is 1. The zero-order chi connectivity index (χ0) is 27.9. The summed E-state index contributed by atoms with van der Waals surface area (Å²) in [5.41, 5.74) is 8.04. The zero-order valence-corrected chi connectivity index (χ0v) is 24.2. The second kappa shape index (κ2) is 14.0. The first kappa shape index (κ1) is 30.9. The van der Waals surface area contributed by atoms with Gasteiger partial charge >= 0.3 is 6.09 Å². The normalized spacial score (nSPS) is 31.4. The largest absolute Gasteiger partial charge is 0.507 e. The van der Waals surface area contributed by atoms with Gasteiger partial charge in [0.25, 0.3) is 5.91 Å². The maximum Gasteiger partial charge on any atom is 0.405 e. The number of methoxy groups -OCH3 is 1. The summed E-state index contributed by atoms with van der Waals surface area (Å²) in [6, 6.07) is 3.36. The molecule has 0 spiro atoms. The molecule has 6 atom stereocenters. The molecular weight excluding hydrogens is 540 g/mol. The Labute approximate surface area is 228 Å². The highest BCUT2D eigenvalue weighted by atomic mass is 79.9. The van der Waals surface area contributed by atoms with E-state index in [2.05, 4.69) is 21.2 Å². The van der Waals surface area contributed by atoms with Crippen molar-refractivity contribution in [2.75, 3.05) is 12.4 Å². The van der Waals surface area contributed by atoms with Gasteiger partial charge in [-0.2, -0.15) is 0 Å². The third-order valence-corrected chi connectivity index (χ3v) is 7.89. The number of nitrogens with two attached hydrogens (primary N) is 1. The van der Waals surface area contributed by atoms with E-state index >= 15 is 0 Å². The number of halogens is 1. The lowest BCUT2D eigenvalue weighted by Gasteiger charge is -2.29. The van der Waals surface area contributed by atoms with Crippen molar-refractivity contribution in [3.05, 3.63) is 45.5 Å². The number of ether oxygens (including phenoxy) is 2. The number of hydrogen-bond donors (Lipinski definition) is 4. The number of fused-ring (bicyclic) bond motifs is 2. The van der Waals surface area contributed by atoms with Crippen molar-refractivity contribution in [2.45, 2.75) is 78.6 Å². The molecule has 1 aromatic carbocycles. The standard InChI is InChI=1S/C28H41BrN2O6/c1-15-10-20-13-21(14-22(32)24(20)29)31-27(34)17(3)9-7-8-16(2)26(37-28(30)35)19(5)12-18(4)25(33)23(11-15)36-6/h9,12-16,18,23,25-26,32-33H,7-8,10-11H2,1-6H3,(H2,30,35)(H,31,34)/b17-9+,19-12+/t15-,16+,18+,23+,25-,26-/m1/s1. The predicted molar refractivity (Wildman–Crippen MR) is 148 cm³/mol. The quantitative estimate of drug-likeness (QED) is 0.343. The summed E-state index contributed by atoms with van der Waals surface area (Å²) < 4.78 is 11.7. The van der Waals surface area contributed by atoms with Crippen molar-refractivity contribution in [1.29, 1.82) is 0 Å². The Kier molecular flexibility index (Phi) is 11.7. The molecule has 0 radical (unpaired) electrons. The highest BCUT2D eigenvalue weighted by molar-refractivity contribution is 9.10. The van der Waals surface area contributed by atoms with Gasteiger partial charge in [0.1, 0.15) is 11.9 Å². The minimum Gasteiger partial charge on any atom is -0.507 e. The molecule has 1 aromatic rings. The van der Waals surface area contributed by atoms with Crippen LogP contribution in [-0.2, 0) is 20.7 Å². The lowest BCUT2D eigenvalue weighted by molar-refractivity contribution is -0.112. The molecule has 8 nitrogen and oxygen atoms in total. The van der Waals surface area contributed by atoms with Crippen LogP contribution in [0.5, 0.6) is 5.75 Å². The van der Waals surface area contributed by atoms with Crippen molar-refractivity contribution < 1.29 is 29.3 Å². The van der Waals surface area contributed by atoms with Crippen molar-refractivity contribution >= 4 is 33.6 Å². The first-order valence-electron chi connectivity index (χ1n) is 12.7. The average Bonchev–Trinajstić information content (AvgIpc) is 2.82. The first-order chi connectivity index (χ1) is 17.3. The van der Waals surface area contributed by atoms with Gasteiger partial charge in [-0.1, -0.05) is 32.9 Å². The van der Waals surface area contributed by atoms with E-state index < -0.39 is 24.4 Å². The summed E-state index contributed by atoms with van der Waals surface area (Å²) in [6.07, 6.45) is 3.50. The molecule has 2 amide bonds. The van der Waals surface area contributed by atoms with Crippen molar-refractivity contribution in [3.8, 4) is 5.75 Å². The van der Waals surface area contributed by atoms with Crippen LogP contribution in [-0.4, -0.2) is 47.6 Å². The molecule has 1 aliphatic heterocycles. The van der Waals surface area contributed by atoms with Crippen LogP contribution < -0.4 is 11.1 Å². The highest BCUT2D eigenvalue weighted by Gasteiger charge is 2.28. The van der Waals surface area contributed by atoms with Crippen molar-refractivity contribution in [1.82, 2.24) is 0 Å². The molecule has 37 heavy (non-hydrogen) atoms. The van der Waals surface area contributed by atoms with E-state index in [1.807, 2.05) is 45.9 Å². The second-order valence-electron chi connectivity index (χ2n) is 10.3. The van der Waals surface area contributed by atoms with Crippen LogP contribution >= 0.6 is 15.9 Å². The number of amides is 2. The summed E-state index contributed by atoms with van der Waals surface area (Å²) in [7, 11) is 1.58. The van der Waals surface area contributed by atoms with Crippen molar-refractivity contribution in [3.63, 3.8) is 0 Å². The number of primary amides is 1. The molecule has 1 aliphatic rings. The summed E-state index contributed by atoms with van der Waals surface area (Å²) in [5.74, 6) is -0.476. The van der Waals surface area contributed by atoms with E-state index in [0.29, 0.717) is 41.4 Å². The Morgan fingerprint density at radius 3 is 2.51 bits per heavy atom. The number of phenols is 1. The lowest BCUT2D eigenvalue weighted by Crippen LogP contribution is -2.35. The third-order valence-electron chi connectivity index (χ3n) is 6.98. The van der Waals surface area contributed by atoms with Crippen LogP contribution in [0.3, 0.4) is 0 Å². The summed E-state index contributed by atoms with van der Waals surface area (Å²) in [5, 5.41) is 24.5. The lowest BCUT2D eigenvalue weighted by atomic mass is 9.87. The molecule has 0 aliphatic carbocycles. The molecule has 5 N–H and O–H groups in total. The number of carbonyl (C=O) groups excluding carboxylic acids is 2. The van der Waals surface area contributed by atoms with Gasteiger partial charge in [0, 0.05) is 30.4 Å². The van der Waals surface area contributed by atoms with Crippen LogP contribution in [0.15, 0.2) is 39.9 Å². The first-order valence-corrected chi connectivity index (χ1v) is 13.5. The number of hydrogen-bond acceptors (Lipinski definition) is 6. The molecule has 0 aromatic heterocycles. The Hall–Kier alpha value is -2.36. The Balaban J connectivity index is 2.47. The summed E-state index contributed by atoms with van der Waals surface area (Å²) >= 11 is 3.46. The maximum absolute atomic E-state index is 12.8. The average molecular weight is 582 g/mol. The van der Waals surface area contributed by atoms with Crippen LogP contribution in [0.25, 0.3) is 0 Å². The number of phenolic OH excluding ortho intramolecular Hbond substituents is 1. The zero-order valence-electron chi connectivity index (χ0n) is 22.6. The number of benzene rings is 1. The van der Waals surface area contributed by atoms with Gasteiger partial charge in [-0.15, -0.1) is 0 Å². The van der Waals surface area contributed by atoms with Crippen LogP contribution in [0, 0.1) is 17.8 Å². The van der Waals surface area contributed by atoms with E-state index in [0.717, 1.165) is 11.1 Å². The van der Waals surface area contributed by atoms with Crippen LogP contribution in [0.1, 0.15) is 59.4 Å². The summed E-state index contributed by atoms with van der Waals surface area (Å²) in [6.45, 7) is 9.52. The Morgan fingerprint density at radius 1 is 1.22 bits per heavy atom. The number of nitrogens with one attached hydrogen (secondary N) is 1. The van der Waals surface area contributed by atoms with Gasteiger partial charge in [-0.25, -0.2) is 4.79 Å². The van der Waals surface area contributed by atoms with Crippen LogP contribution in [0.4, 0.5) is 10.5 Å². The number of aliphatic hydroxyl groups is 1. The molecular formula is C28H41BrN2O6.